The molecular formula is C8H13N. The number of nitrogens with zero attached hydrogens (tertiary/aromatic N) is 1. The van der Waals surface area contributed by atoms with Crippen LogP contribution >= 0.6 is 0 Å². The van der Waals surface area contributed by atoms with Crippen molar-refractivity contribution < 1.29 is 0 Å². The van der Waals surface area contributed by atoms with E-state index in [0.29, 0.717) is 0 Å². The SMILES string of the molecule is CN1C=CC2CCC1C2. The first kappa shape index (κ1) is 5.33. The summed E-state index contributed by atoms with van der Waals surface area (Å²) in [6, 6.07) is 0.875. The molecule has 2 unspecified atom stereocenters. The molecule has 0 spiro atoms. The number of hydrogen-bond donors (Lipinski definition) is 0. The van der Waals surface area contributed by atoms with Crippen LogP contribution in [0.15, 0.2) is 12.3 Å². The minimum absolute atomic E-state index is 0.875. The number of hydrogen-bond acceptors (Lipinski definition) is 1. The van der Waals surface area contributed by atoms with Gasteiger partial charge >= 0.3 is 0 Å². The molecule has 0 amide bonds. The fourth-order valence-corrected chi connectivity index (χ4v) is 1.92. The van der Waals surface area contributed by atoms with Crippen molar-refractivity contribution in [3.05, 3.63) is 12.3 Å². The van der Waals surface area contributed by atoms with Crippen molar-refractivity contribution in [2.45, 2.75) is 25.3 Å². The van der Waals surface area contributed by atoms with E-state index in [9.17, 15) is 0 Å². The minimum atomic E-state index is 0.875. The van der Waals surface area contributed by atoms with Crippen molar-refractivity contribution in [2.75, 3.05) is 7.05 Å². The maximum absolute atomic E-state index is 2.35. The van der Waals surface area contributed by atoms with E-state index in [2.05, 4.69) is 24.2 Å². The van der Waals surface area contributed by atoms with Gasteiger partial charge in [-0.15, -0.1) is 0 Å². The van der Waals surface area contributed by atoms with E-state index in [1.165, 1.54) is 19.3 Å². The second-order valence-electron chi connectivity index (χ2n) is 3.23. The molecule has 0 radical (unpaired) electrons. The van der Waals surface area contributed by atoms with Crippen LogP contribution in [0.25, 0.3) is 0 Å². The molecule has 2 rings (SSSR count). The molecule has 2 bridgehead atoms. The van der Waals surface area contributed by atoms with Crippen LogP contribution in [0.3, 0.4) is 0 Å². The monoisotopic (exact) mass is 123 g/mol. The van der Waals surface area contributed by atoms with Crippen molar-refractivity contribution >= 4 is 0 Å². The summed E-state index contributed by atoms with van der Waals surface area (Å²) in [7, 11) is 2.18. The molecule has 0 N–H and O–H groups in total. The number of allylic oxidation sites excluding steroid dienone is 1. The molecular weight excluding hydrogens is 110 g/mol. The Hall–Kier alpha value is -0.460. The lowest BCUT2D eigenvalue weighted by atomic mass is 10.1. The Labute approximate surface area is 56.4 Å². The Morgan fingerprint density at radius 3 is 3.11 bits per heavy atom. The highest BCUT2D eigenvalue weighted by Gasteiger charge is 2.27. The molecule has 1 nitrogen and oxygen atoms in total. The van der Waals surface area contributed by atoms with Crippen LogP contribution in [0.5, 0.6) is 0 Å². The van der Waals surface area contributed by atoms with Crippen molar-refractivity contribution in [1.82, 2.24) is 4.90 Å². The van der Waals surface area contributed by atoms with Gasteiger partial charge in [0.15, 0.2) is 0 Å². The van der Waals surface area contributed by atoms with Crippen LogP contribution in [-0.2, 0) is 0 Å². The molecule has 1 fully saturated rings. The van der Waals surface area contributed by atoms with Gasteiger partial charge in [-0.3, -0.25) is 0 Å². The molecule has 2 atom stereocenters. The molecule has 50 valence electrons. The summed E-state index contributed by atoms with van der Waals surface area (Å²) >= 11 is 0. The zero-order valence-corrected chi connectivity index (χ0v) is 5.88. The minimum Gasteiger partial charge on any atom is -0.378 e. The maximum Gasteiger partial charge on any atom is 0.0286 e. The zero-order chi connectivity index (χ0) is 6.27. The number of rotatable bonds is 0. The summed E-state index contributed by atoms with van der Waals surface area (Å²) in [5, 5.41) is 0. The van der Waals surface area contributed by atoms with Crippen molar-refractivity contribution in [3.8, 4) is 0 Å². The highest BCUT2D eigenvalue weighted by Crippen LogP contribution is 2.33. The average molecular weight is 123 g/mol. The third kappa shape index (κ3) is 0.752. The summed E-state index contributed by atoms with van der Waals surface area (Å²) < 4.78 is 0. The van der Waals surface area contributed by atoms with Crippen LogP contribution in [0.1, 0.15) is 19.3 Å². The lowest BCUT2D eigenvalue weighted by Crippen LogP contribution is -2.26. The van der Waals surface area contributed by atoms with Gasteiger partial charge in [0, 0.05) is 13.1 Å². The largest absolute Gasteiger partial charge is 0.378 e. The molecule has 9 heavy (non-hydrogen) atoms. The molecule has 2 aliphatic rings. The molecule has 1 aliphatic carbocycles. The van der Waals surface area contributed by atoms with Crippen LogP contribution in [-0.4, -0.2) is 18.0 Å². The Balaban J connectivity index is 2.19. The Morgan fingerprint density at radius 2 is 2.33 bits per heavy atom. The van der Waals surface area contributed by atoms with Gasteiger partial charge < -0.3 is 4.90 Å². The van der Waals surface area contributed by atoms with Gasteiger partial charge in [-0.2, -0.15) is 0 Å². The van der Waals surface area contributed by atoms with E-state index in [1.807, 2.05) is 0 Å². The van der Waals surface area contributed by atoms with Gasteiger partial charge in [0.05, 0.1) is 0 Å². The molecule has 1 heterocycles. The van der Waals surface area contributed by atoms with E-state index in [1.54, 1.807) is 0 Å². The van der Waals surface area contributed by atoms with Gasteiger partial charge in [-0.05, 0) is 31.4 Å². The molecule has 0 aromatic carbocycles. The van der Waals surface area contributed by atoms with Crippen LogP contribution < -0.4 is 0 Å². The molecule has 1 aliphatic heterocycles. The van der Waals surface area contributed by atoms with Crippen molar-refractivity contribution in [3.63, 3.8) is 0 Å². The summed E-state index contributed by atoms with van der Waals surface area (Å²) in [6.07, 6.45) is 8.84. The fourth-order valence-electron chi connectivity index (χ4n) is 1.92. The Kier molecular flexibility index (Phi) is 1.04. The number of fused-ring (bicyclic) bond motifs is 2. The second-order valence-corrected chi connectivity index (χ2v) is 3.23. The Bertz CT molecular complexity index is 140. The quantitative estimate of drug-likeness (QED) is 0.473. The molecule has 0 aromatic heterocycles. The molecule has 0 aromatic rings. The predicted octanol–water partition coefficient (Wildman–Crippen LogP) is 1.61. The van der Waals surface area contributed by atoms with E-state index >= 15 is 0 Å². The van der Waals surface area contributed by atoms with Crippen LogP contribution in [0.2, 0.25) is 0 Å². The first-order valence-electron chi connectivity index (χ1n) is 3.76. The molecule has 1 saturated carbocycles. The summed E-state index contributed by atoms with van der Waals surface area (Å²) in [4.78, 5) is 2.35. The molecule has 0 saturated heterocycles. The van der Waals surface area contributed by atoms with Gasteiger partial charge in [-0.25, -0.2) is 0 Å². The van der Waals surface area contributed by atoms with Gasteiger partial charge in [0.1, 0.15) is 0 Å². The lowest BCUT2D eigenvalue weighted by Gasteiger charge is -2.25. The van der Waals surface area contributed by atoms with Crippen molar-refractivity contribution in [2.24, 2.45) is 5.92 Å². The standard InChI is InChI=1S/C8H13N/c1-9-5-4-7-2-3-8(9)6-7/h4-5,7-8H,2-3,6H2,1H3. The van der Waals surface area contributed by atoms with E-state index in [4.69, 9.17) is 0 Å². The average Bonchev–Trinajstić information content (AvgIpc) is 2.25. The van der Waals surface area contributed by atoms with E-state index in [-0.39, 0.29) is 0 Å². The van der Waals surface area contributed by atoms with Crippen LogP contribution in [0, 0.1) is 5.92 Å². The fraction of sp³-hybridized carbons (Fsp3) is 0.750. The topological polar surface area (TPSA) is 3.24 Å². The van der Waals surface area contributed by atoms with Gasteiger partial charge in [-0.1, -0.05) is 6.08 Å². The second kappa shape index (κ2) is 1.76. The Morgan fingerprint density at radius 1 is 1.44 bits per heavy atom. The summed E-state index contributed by atoms with van der Waals surface area (Å²) in [6.45, 7) is 0. The normalized spacial score (nSPS) is 39.9. The first-order chi connectivity index (χ1) is 4.36. The van der Waals surface area contributed by atoms with Gasteiger partial charge in [0.25, 0.3) is 0 Å². The van der Waals surface area contributed by atoms with Gasteiger partial charge in [0.2, 0.25) is 0 Å². The van der Waals surface area contributed by atoms with Crippen LogP contribution in [0.4, 0.5) is 0 Å². The smallest absolute Gasteiger partial charge is 0.0286 e. The third-order valence-electron chi connectivity index (χ3n) is 2.61. The van der Waals surface area contributed by atoms with E-state index in [0.717, 1.165) is 12.0 Å². The highest BCUT2D eigenvalue weighted by atomic mass is 15.1. The third-order valence-corrected chi connectivity index (χ3v) is 2.61. The first-order valence-corrected chi connectivity index (χ1v) is 3.76. The molecule has 1 heteroatoms. The summed E-state index contributed by atoms with van der Waals surface area (Å²) in [5.74, 6) is 0.922. The van der Waals surface area contributed by atoms with Crippen molar-refractivity contribution in [1.29, 1.82) is 0 Å². The zero-order valence-electron chi connectivity index (χ0n) is 5.88. The lowest BCUT2D eigenvalue weighted by molar-refractivity contribution is 0.316. The highest BCUT2D eigenvalue weighted by molar-refractivity contribution is 5.01. The van der Waals surface area contributed by atoms with E-state index < -0.39 is 0 Å². The summed E-state index contributed by atoms with van der Waals surface area (Å²) in [5.41, 5.74) is 0. The maximum atomic E-state index is 2.35. The predicted molar refractivity (Wildman–Crippen MR) is 38.0 cm³/mol.